The molecule has 0 unspecified atom stereocenters. The van der Waals surface area contributed by atoms with Crippen molar-refractivity contribution in [3.05, 3.63) is 0 Å². The van der Waals surface area contributed by atoms with E-state index < -0.39 is 0 Å². The molecule has 0 N–H and O–H groups in total. The molecule has 0 heterocycles. The fourth-order valence-corrected chi connectivity index (χ4v) is 0.118. The van der Waals surface area contributed by atoms with Gasteiger partial charge in [0, 0.05) is 23.5 Å². The molecule has 0 rings (SSSR count). The normalized spacial score (nSPS) is 5.29. The second-order valence-corrected chi connectivity index (χ2v) is 0.955. The minimum absolute atomic E-state index is 0. The predicted molar refractivity (Wildman–Crippen MR) is 30.9 cm³/mol. The maximum atomic E-state index is 9.40. The van der Waals surface area contributed by atoms with E-state index in [1.54, 1.807) is 0 Å². The van der Waals surface area contributed by atoms with Crippen molar-refractivity contribution in [3.8, 4) is 0 Å². The van der Waals surface area contributed by atoms with Crippen molar-refractivity contribution in [2.75, 3.05) is 0 Å². The Kier molecular flexibility index (Phi) is 35.3. The van der Waals surface area contributed by atoms with Crippen molar-refractivity contribution in [2.45, 2.75) is 19.8 Å². The topological polar surface area (TPSA) is 17.1 Å². The Morgan fingerprint density at radius 2 is 2.00 bits per heavy atom. The molecule has 1 radical (unpaired) electrons. The van der Waals surface area contributed by atoms with Gasteiger partial charge in [-0.05, 0) is 6.42 Å². The van der Waals surface area contributed by atoms with Crippen molar-refractivity contribution >= 4 is 30.7 Å². The molecule has 0 fully saturated rings. The minimum atomic E-state index is 0. The van der Waals surface area contributed by atoms with Gasteiger partial charge in [0.05, 0.1) is 0 Å². The fraction of sp³-hybridized carbons (Fsp3) is 0.750. The van der Waals surface area contributed by atoms with Crippen LogP contribution in [-0.2, 0) is 21.9 Å². The van der Waals surface area contributed by atoms with E-state index in [1.807, 2.05) is 6.92 Å². The Balaban J connectivity index is -0.0000000800. The van der Waals surface area contributed by atoms with E-state index in [9.17, 15) is 4.79 Å². The molecule has 0 aromatic heterocycles. The van der Waals surface area contributed by atoms with E-state index >= 15 is 0 Å². The van der Waals surface area contributed by atoms with Crippen LogP contribution in [0, 0.1) is 0 Å². The molecular formula is C4H11MnOSb. The van der Waals surface area contributed by atoms with E-state index in [-0.39, 0.29) is 41.5 Å². The third-order valence-electron chi connectivity index (χ3n) is 0.407. The van der Waals surface area contributed by atoms with Crippen LogP contribution < -0.4 is 0 Å². The molecule has 0 aromatic carbocycles. The molecule has 0 saturated carbocycles. The summed E-state index contributed by atoms with van der Waals surface area (Å²) in [7, 11) is 0. The molecular weight excluding hydrogens is 241 g/mol. The van der Waals surface area contributed by atoms with Crippen LogP contribution in [0.1, 0.15) is 19.8 Å². The van der Waals surface area contributed by atoms with Gasteiger partial charge in [0.25, 0.3) is 0 Å². The van der Waals surface area contributed by atoms with Crippen LogP contribution in [0.25, 0.3) is 0 Å². The molecule has 45 valence electrons. The van der Waals surface area contributed by atoms with Crippen molar-refractivity contribution in [3.63, 3.8) is 0 Å². The second-order valence-electron chi connectivity index (χ2n) is 0.955. The third kappa shape index (κ3) is 19.4. The van der Waals surface area contributed by atoms with Crippen LogP contribution in [0.3, 0.4) is 0 Å². The average Bonchev–Trinajstić information content (AvgIpc) is 1.41. The summed E-state index contributed by atoms with van der Waals surface area (Å²) in [5.41, 5.74) is 0. The monoisotopic (exact) mass is 251 g/mol. The van der Waals surface area contributed by atoms with Crippen LogP contribution in [0.15, 0.2) is 0 Å². The number of rotatable bonds is 2. The van der Waals surface area contributed by atoms with Crippen molar-refractivity contribution in [1.29, 1.82) is 0 Å². The first kappa shape index (κ1) is 15.7. The van der Waals surface area contributed by atoms with E-state index in [2.05, 4.69) is 0 Å². The zero-order valence-electron chi connectivity index (χ0n) is 4.48. The van der Waals surface area contributed by atoms with Crippen LogP contribution in [-0.4, -0.2) is 30.7 Å². The second kappa shape index (κ2) is 15.7. The Hall–Kier alpha value is 1.01. The first-order chi connectivity index (χ1) is 2.41. The van der Waals surface area contributed by atoms with Crippen LogP contribution in [0.5, 0.6) is 0 Å². The summed E-state index contributed by atoms with van der Waals surface area (Å²) in [5, 5.41) is 0. The van der Waals surface area contributed by atoms with Crippen LogP contribution in [0.4, 0.5) is 0 Å². The molecule has 0 saturated heterocycles. The van der Waals surface area contributed by atoms with Crippen LogP contribution >= 0.6 is 0 Å². The number of aldehydes is 1. The molecule has 0 aliphatic rings. The first-order valence-corrected chi connectivity index (χ1v) is 1.85. The summed E-state index contributed by atoms with van der Waals surface area (Å²) < 4.78 is 0. The van der Waals surface area contributed by atoms with E-state index in [4.69, 9.17) is 0 Å². The molecule has 0 amide bonds. The van der Waals surface area contributed by atoms with Gasteiger partial charge in [-0.3, -0.25) is 0 Å². The molecule has 1 nitrogen and oxygen atoms in total. The van der Waals surface area contributed by atoms with Gasteiger partial charge in [-0.2, -0.15) is 0 Å². The number of hydrogen-bond donors (Lipinski definition) is 0. The Morgan fingerprint density at radius 1 is 1.57 bits per heavy atom. The summed E-state index contributed by atoms with van der Waals surface area (Å²) in [6.07, 6.45) is 2.61. The SMILES string of the molecule is CCCC=O.[Mn].[SbH3]. The third-order valence-corrected chi connectivity index (χ3v) is 0.407. The van der Waals surface area contributed by atoms with E-state index in [0.717, 1.165) is 12.7 Å². The molecule has 0 spiro atoms. The summed E-state index contributed by atoms with van der Waals surface area (Å²) in [5.74, 6) is 0. The Bertz CT molecular complexity index is 32.9. The molecule has 0 aliphatic carbocycles. The van der Waals surface area contributed by atoms with Gasteiger partial charge in [0.2, 0.25) is 0 Å². The van der Waals surface area contributed by atoms with Crippen molar-refractivity contribution < 1.29 is 21.9 Å². The maximum absolute atomic E-state index is 9.40. The number of hydrogen-bond acceptors (Lipinski definition) is 1. The predicted octanol–water partition coefficient (Wildman–Crippen LogP) is -0.201. The number of carbonyl (C=O) groups is 1. The number of carbonyl (C=O) groups excluding carboxylic acids is 1. The summed E-state index contributed by atoms with van der Waals surface area (Å²) in [6, 6.07) is 0. The standard InChI is InChI=1S/C4H8O.Mn.Sb.3H/c1-2-3-4-5;;;;;/h4H,2-3H2,1H3;;;;;. The Morgan fingerprint density at radius 3 is 2.00 bits per heavy atom. The van der Waals surface area contributed by atoms with Crippen molar-refractivity contribution in [2.24, 2.45) is 0 Å². The molecule has 7 heavy (non-hydrogen) atoms. The first-order valence-electron chi connectivity index (χ1n) is 1.85. The summed E-state index contributed by atoms with van der Waals surface area (Å²) in [4.78, 5) is 9.40. The van der Waals surface area contributed by atoms with E-state index in [1.165, 1.54) is 0 Å². The quantitative estimate of drug-likeness (QED) is 0.491. The number of unbranched alkanes of at least 4 members (excludes halogenated alkanes) is 1. The van der Waals surface area contributed by atoms with Crippen LogP contribution in [0.2, 0.25) is 0 Å². The fourth-order valence-electron chi connectivity index (χ4n) is 0.118. The van der Waals surface area contributed by atoms with Gasteiger partial charge in [-0.1, -0.05) is 6.92 Å². The molecule has 0 aromatic rings. The van der Waals surface area contributed by atoms with Gasteiger partial charge in [-0.25, -0.2) is 0 Å². The molecule has 0 aliphatic heterocycles. The van der Waals surface area contributed by atoms with Gasteiger partial charge in [-0.15, -0.1) is 0 Å². The van der Waals surface area contributed by atoms with Crippen molar-refractivity contribution in [1.82, 2.24) is 0 Å². The molecule has 3 heteroatoms. The summed E-state index contributed by atoms with van der Waals surface area (Å²) in [6.45, 7) is 1.98. The zero-order chi connectivity index (χ0) is 4.12. The van der Waals surface area contributed by atoms with Gasteiger partial charge in [0.1, 0.15) is 6.29 Å². The zero-order valence-corrected chi connectivity index (χ0v) is 9.70. The van der Waals surface area contributed by atoms with Gasteiger partial charge in [0.15, 0.2) is 0 Å². The Labute approximate surface area is 72.2 Å². The molecule has 0 bridgehead atoms. The average molecular weight is 252 g/mol. The van der Waals surface area contributed by atoms with E-state index in [0.29, 0.717) is 6.42 Å². The van der Waals surface area contributed by atoms with Gasteiger partial charge >= 0.3 is 24.4 Å². The van der Waals surface area contributed by atoms with Gasteiger partial charge < -0.3 is 4.79 Å². The summed E-state index contributed by atoms with van der Waals surface area (Å²) >= 11 is 0. The molecule has 0 atom stereocenters.